The van der Waals surface area contributed by atoms with Crippen LogP contribution >= 0.6 is 22.9 Å². The molecule has 0 radical (unpaired) electrons. The molecule has 17 heteroatoms. The SMILES string of the molecule is COc1ccc(S(=O)(=O)C(C)(C)C(=O)Nc2cc(-c3ccccc3)nn2C)cc1.COc1ccc(S(=O)(=O)C(C)(C)C(=O)Nc2nc(-c3ccc(Cl)cc3)cs2)cc1. The molecule has 304 valence electrons. The fourth-order valence-corrected chi connectivity index (χ4v) is 8.87. The van der Waals surface area contributed by atoms with E-state index in [1.165, 1.54) is 82.2 Å². The summed E-state index contributed by atoms with van der Waals surface area (Å²) in [6.07, 6.45) is 0. The molecule has 0 aliphatic heterocycles. The zero-order chi connectivity index (χ0) is 42.5. The molecule has 0 spiro atoms. The second-order valence-electron chi connectivity index (χ2n) is 13.7. The van der Waals surface area contributed by atoms with Gasteiger partial charge in [0.2, 0.25) is 11.8 Å². The average Bonchev–Trinajstić information content (AvgIpc) is 3.84. The van der Waals surface area contributed by atoms with Crippen LogP contribution in [0.1, 0.15) is 27.7 Å². The number of aromatic nitrogens is 3. The Hall–Kier alpha value is -5.55. The van der Waals surface area contributed by atoms with Gasteiger partial charge in [0.15, 0.2) is 24.8 Å². The highest BCUT2D eigenvalue weighted by Gasteiger charge is 2.44. The quantitative estimate of drug-likeness (QED) is 0.123. The number of nitrogens with one attached hydrogen (secondary N) is 2. The van der Waals surface area contributed by atoms with Gasteiger partial charge in [-0.2, -0.15) is 5.10 Å². The van der Waals surface area contributed by atoms with Crippen molar-refractivity contribution in [3.8, 4) is 34.0 Å². The molecule has 2 aromatic heterocycles. The van der Waals surface area contributed by atoms with Crippen molar-refractivity contribution in [1.82, 2.24) is 14.8 Å². The molecular formula is C41H42ClN5O8S3. The van der Waals surface area contributed by atoms with Gasteiger partial charge in [-0.3, -0.25) is 14.3 Å². The summed E-state index contributed by atoms with van der Waals surface area (Å²) in [4.78, 5) is 30.2. The number of hydrogen-bond donors (Lipinski definition) is 2. The molecule has 0 unspecified atom stereocenters. The van der Waals surface area contributed by atoms with E-state index >= 15 is 0 Å². The number of amides is 2. The van der Waals surface area contributed by atoms with Crippen LogP contribution < -0.4 is 20.1 Å². The average molecular weight is 864 g/mol. The lowest BCUT2D eigenvalue weighted by atomic mass is 10.1. The van der Waals surface area contributed by atoms with Crippen LogP contribution in [0.25, 0.3) is 22.5 Å². The van der Waals surface area contributed by atoms with Crippen LogP contribution in [-0.4, -0.2) is 67.1 Å². The minimum absolute atomic E-state index is 0.0412. The number of methoxy groups -OCH3 is 2. The second-order valence-corrected chi connectivity index (χ2v) is 20.0. The Morgan fingerprint density at radius 1 is 0.672 bits per heavy atom. The molecule has 2 N–H and O–H groups in total. The zero-order valence-electron chi connectivity index (χ0n) is 32.7. The first kappa shape index (κ1) is 43.6. The normalized spacial score (nSPS) is 11.9. The summed E-state index contributed by atoms with van der Waals surface area (Å²) in [6, 6.07) is 30.3. The van der Waals surface area contributed by atoms with Crippen molar-refractivity contribution in [2.45, 2.75) is 47.0 Å². The molecule has 4 aromatic carbocycles. The number of nitrogens with zero attached hydrogens (tertiary/aromatic N) is 3. The molecule has 13 nitrogen and oxygen atoms in total. The van der Waals surface area contributed by atoms with Gasteiger partial charge in [0.05, 0.1) is 35.4 Å². The minimum Gasteiger partial charge on any atom is -0.497 e. The predicted octanol–water partition coefficient (Wildman–Crippen LogP) is 7.95. The lowest BCUT2D eigenvalue weighted by Crippen LogP contribution is -2.44. The predicted molar refractivity (Wildman–Crippen MR) is 227 cm³/mol. The first-order valence-electron chi connectivity index (χ1n) is 17.5. The molecule has 2 amide bonds. The van der Waals surface area contributed by atoms with Crippen molar-refractivity contribution in [2.24, 2.45) is 7.05 Å². The van der Waals surface area contributed by atoms with Gasteiger partial charge in [0, 0.05) is 34.6 Å². The first-order chi connectivity index (χ1) is 27.3. The van der Waals surface area contributed by atoms with Crippen molar-refractivity contribution in [3.63, 3.8) is 0 Å². The van der Waals surface area contributed by atoms with Crippen LogP contribution in [0, 0.1) is 0 Å². The molecule has 0 bridgehead atoms. The van der Waals surface area contributed by atoms with Gasteiger partial charge in [-0.25, -0.2) is 21.8 Å². The van der Waals surface area contributed by atoms with E-state index in [0.29, 0.717) is 38.9 Å². The number of carbonyl (C=O) groups excluding carboxylic acids is 2. The highest BCUT2D eigenvalue weighted by molar-refractivity contribution is 7.94. The Balaban J connectivity index is 0.000000221. The smallest absolute Gasteiger partial charge is 0.247 e. The number of rotatable bonds is 12. The van der Waals surface area contributed by atoms with E-state index in [-0.39, 0.29) is 9.79 Å². The number of aryl methyl sites for hydroxylation is 1. The van der Waals surface area contributed by atoms with E-state index in [9.17, 15) is 26.4 Å². The fourth-order valence-electron chi connectivity index (χ4n) is 5.28. The highest BCUT2D eigenvalue weighted by Crippen LogP contribution is 2.32. The van der Waals surface area contributed by atoms with E-state index in [4.69, 9.17) is 21.1 Å². The Kier molecular flexibility index (Phi) is 13.2. The fraction of sp³-hybridized carbons (Fsp3) is 0.220. The van der Waals surface area contributed by atoms with Gasteiger partial charge in [0.1, 0.15) is 26.8 Å². The van der Waals surface area contributed by atoms with Crippen LogP contribution in [0.3, 0.4) is 0 Å². The van der Waals surface area contributed by atoms with E-state index in [1.807, 2.05) is 42.5 Å². The Morgan fingerprint density at radius 3 is 1.62 bits per heavy atom. The van der Waals surface area contributed by atoms with Crippen LogP contribution in [0.4, 0.5) is 10.9 Å². The number of anilines is 2. The largest absolute Gasteiger partial charge is 0.497 e. The molecule has 6 rings (SSSR count). The number of sulfone groups is 2. The van der Waals surface area contributed by atoms with Crippen LogP contribution in [0.2, 0.25) is 5.02 Å². The maximum atomic E-state index is 13.1. The molecule has 58 heavy (non-hydrogen) atoms. The first-order valence-corrected chi connectivity index (χ1v) is 21.8. The molecule has 0 saturated carbocycles. The third-order valence-corrected chi connectivity index (χ3v) is 15.1. The van der Waals surface area contributed by atoms with Gasteiger partial charge < -0.3 is 20.1 Å². The minimum atomic E-state index is -3.94. The summed E-state index contributed by atoms with van der Waals surface area (Å²) in [5.74, 6) is 0.173. The molecule has 6 aromatic rings. The van der Waals surface area contributed by atoms with Crippen molar-refractivity contribution < 1.29 is 35.9 Å². The number of benzene rings is 4. The van der Waals surface area contributed by atoms with Gasteiger partial charge in [-0.15, -0.1) is 11.3 Å². The van der Waals surface area contributed by atoms with E-state index in [0.717, 1.165) is 11.1 Å². The summed E-state index contributed by atoms with van der Waals surface area (Å²) in [5, 5.41) is 12.4. The highest BCUT2D eigenvalue weighted by atomic mass is 35.5. The number of halogens is 1. The van der Waals surface area contributed by atoms with Crippen LogP contribution in [-0.2, 0) is 36.3 Å². The summed E-state index contributed by atoms with van der Waals surface area (Å²) in [7, 11) is -3.20. The summed E-state index contributed by atoms with van der Waals surface area (Å²) >= 11 is 7.11. The number of carbonyl (C=O) groups is 2. The zero-order valence-corrected chi connectivity index (χ0v) is 35.9. The summed E-state index contributed by atoms with van der Waals surface area (Å²) < 4.78 is 60.4. The van der Waals surface area contributed by atoms with Crippen molar-refractivity contribution in [2.75, 3.05) is 24.9 Å². The third kappa shape index (κ3) is 9.26. The van der Waals surface area contributed by atoms with Gasteiger partial charge in [-0.05, 0) is 88.4 Å². The summed E-state index contributed by atoms with van der Waals surface area (Å²) in [6.45, 7) is 5.51. The molecule has 0 aliphatic rings. The van der Waals surface area contributed by atoms with Crippen molar-refractivity contribution >= 4 is 65.4 Å². The monoisotopic (exact) mass is 863 g/mol. The lowest BCUT2D eigenvalue weighted by molar-refractivity contribution is -0.118. The van der Waals surface area contributed by atoms with Crippen LogP contribution in [0.15, 0.2) is 124 Å². The molecule has 0 atom stereocenters. The molecule has 2 heterocycles. The van der Waals surface area contributed by atoms with Gasteiger partial charge in [0.25, 0.3) is 0 Å². The Bertz CT molecular complexity index is 2610. The third-order valence-electron chi connectivity index (χ3n) is 9.23. The maximum absolute atomic E-state index is 13.1. The maximum Gasteiger partial charge on any atom is 0.247 e. The standard InChI is InChI=1S/C21H23N3O4S.C20H19ClN2O4S2/c1-21(2,29(26,27)17-12-10-16(28-4)11-13-17)20(25)22-19-14-18(23-24(19)3)15-8-6-5-7-9-15;1-20(2,29(25,26)16-10-8-15(27-3)9-11-16)18(24)23-19-22-17(12-28-19)13-4-6-14(21)7-5-13/h5-14H,1-4H3,(H,22,25);4-12H,1-3H3,(H,22,23,24). The number of ether oxygens (including phenoxy) is 2. The van der Waals surface area contributed by atoms with Gasteiger partial charge >= 0.3 is 0 Å². The van der Waals surface area contributed by atoms with E-state index in [1.54, 1.807) is 54.9 Å². The molecule has 0 fully saturated rings. The summed E-state index contributed by atoms with van der Waals surface area (Å²) in [5.41, 5.74) is 3.09. The molecular weight excluding hydrogens is 822 g/mol. The van der Waals surface area contributed by atoms with Crippen molar-refractivity contribution in [1.29, 1.82) is 0 Å². The molecule has 0 aliphatic carbocycles. The number of thiazole rings is 1. The second kappa shape index (κ2) is 17.5. The lowest BCUT2D eigenvalue weighted by Gasteiger charge is -2.24. The van der Waals surface area contributed by atoms with Crippen LogP contribution in [0.5, 0.6) is 11.5 Å². The Labute approximate surface area is 346 Å². The van der Waals surface area contributed by atoms with E-state index in [2.05, 4.69) is 20.7 Å². The van der Waals surface area contributed by atoms with Crippen molar-refractivity contribution in [3.05, 3.63) is 120 Å². The topological polar surface area (TPSA) is 176 Å². The molecule has 0 saturated heterocycles. The van der Waals surface area contributed by atoms with Gasteiger partial charge in [-0.1, -0.05) is 54.1 Å². The Morgan fingerprint density at radius 2 is 1.14 bits per heavy atom. The van der Waals surface area contributed by atoms with E-state index < -0.39 is 41.0 Å². The number of hydrogen-bond acceptors (Lipinski definition) is 11.